The fourth-order valence-electron chi connectivity index (χ4n) is 1.48. The van der Waals surface area contributed by atoms with Gasteiger partial charge >= 0.3 is 0 Å². The van der Waals surface area contributed by atoms with E-state index in [-0.39, 0.29) is 0 Å². The lowest BCUT2D eigenvalue weighted by molar-refractivity contribution is 0.953. The van der Waals surface area contributed by atoms with Crippen LogP contribution in [-0.4, -0.2) is 35.2 Å². The maximum Gasteiger partial charge on any atom is 0.243 e. The molecule has 0 unspecified atom stereocenters. The first-order valence-corrected chi connectivity index (χ1v) is 5.10. The molecule has 0 atom stereocenters. The van der Waals surface area contributed by atoms with E-state index in [1.165, 1.54) is 0 Å². The summed E-state index contributed by atoms with van der Waals surface area (Å²) in [5.41, 5.74) is 1.89. The maximum absolute atomic E-state index is 4.42. The predicted octanol–water partition coefficient (Wildman–Crippen LogP) is 1.39. The summed E-state index contributed by atoms with van der Waals surface area (Å²) in [6.07, 6.45) is 3.66. The molecule has 2 aromatic heterocycles. The Hall–Kier alpha value is -2.04. The largest absolute Gasteiger partial charge is 0.375 e. The first-order chi connectivity index (χ1) is 7.72. The summed E-state index contributed by atoms with van der Waals surface area (Å²) < 4.78 is 1.76. The topological polar surface area (TPSA) is 45.5 Å². The van der Waals surface area contributed by atoms with Crippen LogP contribution in [0.1, 0.15) is 0 Å². The second-order valence-electron chi connectivity index (χ2n) is 3.66. The monoisotopic (exact) mass is 217 g/mol. The van der Waals surface area contributed by atoms with Gasteiger partial charge in [0.25, 0.3) is 0 Å². The van der Waals surface area contributed by atoms with Gasteiger partial charge in [0, 0.05) is 26.8 Å². The van der Waals surface area contributed by atoms with Gasteiger partial charge in [0.05, 0.1) is 5.69 Å². The maximum atomic E-state index is 4.42. The quantitative estimate of drug-likeness (QED) is 0.786. The average Bonchev–Trinajstić information content (AvgIpc) is 2.68. The van der Waals surface area contributed by atoms with Crippen molar-refractivity contribution in [3.05, 3.63) is 31.0 Å². The van der Waals surface area contributed by atoms with Crippen molar-refractivity contribution in [2.24, 2.45) is 0 Å². The van der Waals surface area contributed by atoms with E-state index in [0.29, 0.717) is 12.5 Å². The van der Waals surface area contributed by atoms with Crippen LogP contribution in [0.4, 0.5) is 11.6 Å². The third-order valence-electron chi connectivity index (χ3n) is 2.23. The number of rotatable bonds is 4. The Morgan fingerprint density at radius 3 is 3.06 bits per heavy atom. The van der Waals surface area contributed by atoms with Crippen molar-refractivity contribution in [2.45, 2.75) is 0 Å². The van der Waals surface area contributed by atoms with E-state index >= 15 is 0 Å². The van der Waals surface area contributed by atoms with Crippen LogP contribution in [0.3, 0.4) is 0 Å². The number of pyridine rings is 1. The summed E-state index contributed by atoms with van der Waals surface area (Å²) in [6, 6.07) is 3.97. The standard InChI is InChI=1S/C11H15N5/c1-4-7-12-11-13-10-9(15(2)3)6-5-8-16(10)14-11/h4-6,8H,1,7H2,2-3H3,(H,12,14). The fraction of sp³-hybridized carbons (Fsp3) is 0.273. The van der Waals surface area contributed by atoms with E-state index in [9.17, 15) is 0 Å². The highest BCUT2D eigenvalue weighted by Gasteiger charge is 2.07. The summed E-state index contributed by atoms with van der Waals surface area (Å²) in [6.45, 7) is 4.30. The molecule has 0 spiro atoms. The van der Waals surface area contributed by atoms with Crippen LogP contribution in [0, 0.1) is 0 Å². The molecule has 0 bridgehead atoms. The van der Waals surface area contributed by atoms with Crippen LogP contribution in [0.25, 0.3) is 5.65 Å². The van der Waals surface area contributed by atoms with Crippen LogP contribution in [0.2, 0.25) is 0 Å². The van der Waals surface area contributed by atoms with Crippen LogP contribution in [0.15, 0.2) is 31.0 Å². The molecule has 84 valence electrons. The molecule has 0 aliphatic heterocycles. The van der Waals surface area contributed by atoms with Gasteiger partial charge in [-0.1, -0.05) is 6.08 Å². The first-order valence-electron chi connectivity index (χ1n) is 5.10. The zero-order valence-corrected chi connectivity index (χ0v) is 9.51. The molecule has 2 rings (SSSR count). The Balaban J connectivity index is 2.44. The highest BCUT2D eigenvalue weighted by molar-refractivity contribution is 5.69. The van der Waals surface area contributed by atoms with E-state index in [4.69, 9.17) is 0 Å². The number of nitrogens with one attached hydrogen (secondary N) is 1. The second kappa shape index (κ2) is 4.22. The Bertz CT molecular complexity index is 500. The molecule has 0 saturated heterocycles. The molecule has 0 amide bonds. The zero-order chi connectivity index (χ0) is 11.5. The number of hydrogen-bond acceptors (Lipinski definition) is 4. The van der Waals surface area contributed by atoms with Crippen molar-refractivity contribution in [3.8, 4) is 0 Å². The van der Waals surface area contributed by atoms with E-state index in [1.54, 1.807) is 10.6 Å². The van der Waals surface area contributed by atoms with Crippen LogP contribution in [0.5, 0.6) is 0 Å². The number of aromatic nitrogens is 3. The summed E-state index contributed by atoms with van der Waals surface area (Å²) in [5.74, 6) is 0.620. The minimum absolute atomic E-state index is 0.620. The molecule has 0 aliphatic rings. The third-order valence-corrected chi connectivity index (χ3v) is 2.23. The summed E-state index contributed by atoms with van der Waals surface area (Å²) in [5, 5.41) is 7.38. The Labute approximate surface area is 94.4 Å². The molecule has 0 aliphatic carbocycles. The molecule has 16 heavy (non-hydrogen) atoms. The molecule has 2 heterocycles. The highest BCUT2D eigenvalue weighted by atomic mass is 15.4. The lowest BCUT2D eigenvalue weighted by Gasteiger charge is -2.11. The lowest BCUT2D eigenvalue weighted by Crippen LogP contribution is -2.10. The van der Waals surface area contributed by atoms with Crippen molar-refractivity contribution in [2.75, 3.05) is 30.9 Å². The van der Waals surface area contributed by atoms with Crippen molar-refractivity contribution in [3.63, 3.8) is 0 Å². The number of anilines is 2. The Morgan fingerprint density at radius 1 is 1.56 bits per heavy atom. The molecule has 5 nitrogen and oxygen atoms in total. The predicted molar refractivity (Wildman–Crippen MR) is 66.0 cm³/mol. The molecule has 2 aromatic rings. The number of nitrogens with zero attached hydrogens (tertiary/aromatic N) is 4. The summed E-state index contributed by atoms with van der Waals surface area (Å²) >= 11 is 0. The van der Waals surface area contributed by atoms with E-state index in [1.807, 2.05) is 37.3 Å². The van der Waals surface area contributed by atoms with E-state index < -0.39 is 0 Å². The van der Waals surface area contributed by atoms with Crippen LogP contribution in [-0.2, 0) is 0 Å². The van der Waals surface area contributed by atoms with Gasteiger partial charge in [0.2, 0.25) is 5.95 Å². The van der Waals surface area contributed by atoms with Crippen LogP contribution >= 0.6 is 0 Å². The minimum atomic E-state index is 0.620. The molecule has 5 heteroatoms. The fourth-order valence-corrected chi connectivity index (χ4v) is 1.48. The Morgan fingerprint density at radius 2 is 2.38 bits per heavy atom. The second-order valence-corrected chi connectivity index (χ2v) is 3.66. The SMILES string of the molecule is C=CCNc1nc2c(N(C)C)cccn2n1. The van der Waals surface area contributed by atoms with Gasteiger partial charge in [-0.3, -0.25) is 0 Å². The summed E-state index contributed by atoms with van der Waals surface area (Å²) in [4.78, 5) is 6.44. The molecular formula is C11H15N5. The van der Waals surface area contributed by atoms with Crippen molar-refractivity contribution >= 4 is 17.3 Å². The number of fused-ring (bicyclic) bond motifs is 1. The smallest absolute Gasteiger partial charge is 0.243 e. The molecule has 0 fully saturated rings. The van der Waals surface area contributed by atoms with Gasteiger partial charge < -0.3 is 10.2 Å². The number of hydrogen-bond donors (Lipinski definition) is 1. The molecular weight excluding hydrogens is 202 g/mol. The molecule has 0 radical (unpaired) electrons. The summed E-state index contributed by atoms with van der Waals surface area (Å²) in [7, 11) is 3.97. The van der Waals surface area contributed by atoms with E-state index in [0.717, 1.165) is 11.3 Å². The lowest BCUT2D eigenvalue weighted by atomic mass is 10.4. The average molecular weight is 217 g/mol. The highest BCUT2D eigenvalue weighted by Crippen LogP contribution is 2.18. The zero-order valence-electron chi connectivity index (χ0n) is 9.51. The van der Waals surface area contributed by atoms with Crippen molar-refractivity contribution in [1.82, 2.24) is 14.6 Å². The van der Waals surface area contributed by atoms with Gasteiger partial charge in [-0.25, -0.2) is 4.52 Å². The van der Waals surface area contributed by atoms with Crippen molar-refractivity contribution in [1.29, 1.82) is 0 Å². The first kappa shape index (κ1) is 10.5. The van der Waals surface area contributed by atoms with Gasteiger partial charge in [-0.2, -0.15) is 4.98 Å². The molecule has 0 aromatic carbocycles. The Kier molecular flexibility index (Phi) is 2.76. The van der Waals surface area contributed by atoms with Crippen molar-refractivity contribution < 1.29 is 0 Å². The van der Waals surface area contributed by atoms with Gasteiger partial charge in [-0.05, 0) is 12.1 Å². The van der Waals surface area contributed by atoms with Gasteiger partial charge in [-0.15, -0.1) is 11.7 Å². The van der Waals surface area contributed by atoms with Crippen LogP contribution < -0.4 is 10.2 Å². The molecule has 1 N–H and O–H groups in total. The van der Waals surface area contributed by atoms with Gasteiger partial charge in [0.1, 0.15) is 0 Å². The minimum Gasteiger partial charge on any atom is -0.375 e. The van der Waals surface area contributed by atoms with E-state index in [2.05, 4.69) is 22.0 Å². The van der Waals surface area contributed by atoms with Gasteiger partial charge in [0.15, 0.2) is 5.65 Å². The third kappa shape index (κ3) is 1.84. The normalized spacial score (nSPS) is 10.4. The molecule has 0 saturated carbocycles.